The number of thioether (sulfide) groups is 1. The molecule has 0 bridgehead atoms. The Labute approximate surface area is 206 Å². The number of esters is 1. The van der Waals surface area contributed by atoms with E-state index >= 15 is 0 Å². The zero-order valence-electron chi connectivity index (χ0n) is 19.1. The molecule has 4 nitrogen and oxygen atoms in total. The van der Waals surface area contributed by atoms with Crippen LogP contribution in [0.1, 0.15) is 28.1 Å². The first-order chi connectivity index (χ1) is 16.3. The highest BCUT2D eigenvalue weighted by molar-refractivity contribution is 7.98. The molecule has 0 N–H and O–H groups in total. The summed E-state index contributed by atoms with van der Waals surface area (Å²) in [7, 11) is 1.41. The number of nitrogens with zero attached hydrogens (tertiary/aromatic N) is 2. The highest BCUT2D eigenvalue weighted by Crippen LogP contribution is 2.36. The van der Waals surface area contributed by atoms with Crippen molar-refractivity contribution in [1.29, 1.82) is 0 Å². The van der Waals surface area contributed by atoms with Crippen molar-refractivity contribution >= 4 is 34.8 Å². The largest absolute Gasteiger partial charge is 0.468 e. The van der Waals surface area contributed by atoms with Crippen molar-refractivity contribution in [2.45, 2.75) is 36.3 Å². The summed E-state index contributed by atoms with van der Waals surface area (Å²) in [6.45, 7) is 6.31. The zero-order chi connectivity index (χ0) is 24.3. The Kier molecular flexibility index (Phi) is 7.38. The molecule has 0 saturated heterocycles. The number of allylic oxidation sites excluding steroid dienone is 1. The molecular formula is C26H26F2N2O2S2. The predicted octanol–water partition coefficient (Wildman–Crippen LogP) is 6.61. The number of alkyl halides is 2. The number of hydrogen-bond donors (Lipinski definition) is 0. The molecule has 0 aliphatic carbocycles. The number of halogens is 2. The van der Waals surface area contributed by atoms with E-state index in [9.17, 15) is 13.6 Å². The lowest BCUT2D eigenvalue weighted by molar-refractivity contribution is -0.138. The number of carbonyl (C=O) groups excluding carboxylic acids is 1. The van der Waals surface area contributed by atoms with E-state index in [1.807, 2.05) is 6.92 Å². The lowest BCUT2D eigenvalue weighted by Crippen LogP contribution is -2.34. The number of thiazole rings is 1. The monoisotopic (exact) mass is 500 g/mol. The molecule has 2 heterocycles. The van der Waals surface area contributed by atoms with E-state index in [2.05, 4.69) is 34.7 Å². The third kappa shape index (κ3) is 5.33. The first-order valence-electron chi connectivity index (χ1n) is 11.0. The van der Waals surface area contributed by atoms with E-state index in [0.29, 0.717) is 6.08 Å². The standard InChI is InChI=1S/C26H26F2N2O2S2/c1-4-26(27,28)20-9-7-18(8-10-20)25-29-17(2)23(34-25)16-33-21-11-12-22-19(14-21)6-5-13-30(22)15-24(31)32-3/h4,7-12,14H,1,5-6,13,15-16H2,2-3H3. The van der Waals surface area contributed by atoms with Gasteiger partial charge in [0.1, 0.15) is 11.6 Å². The van der Waals surface area contributed by atoms with Gasteiger partial charge in [-0.1, -0.05) is 30.8 Å². The molecule has 8 heteroatoms. The number of aromatic nitrogens is 1. The second-order valence-electron chi connectivity index (χ2n) is 8.11. The third-order valence-corrected chi connectivity index (χ3v) is 8.26. The van der Waals surface area contributed by atoms with Crippen LogP contribution in [0.2, 0.25) is 0 Å². The molecule has 0 radical (unpaired) electrons. The minimum Gasteiger partial charge on any atom is -0.468 e. The van der Waals surface area contributed by atoms with E-state index in [-0.39, 0.29) is 18.1 Å². The second kappa shape index (κ2) is 10.3. The Balaban J connectivity index is 1.45. The molecular weight excluding hydrogens is 474 g/mol. The van der Waals surface area contributed by atoms with Crippen LogP contribution in [-0.2, 0) is 27.6 Å². The van der Waals surface area contributed by atoms with Crippen LogP contribution in [0, 0.1) is 6.92 Å². The minimum atomic E-state index is -3.04. The normalized spacial score (nSPS) is 13.5. The molecule has 0 spiro atoms. The van der Waals surface area contributed by atoms with Gasteiger partial charge in [0.05, 0.1) is 12.8 Å². The topological polar surface area (TPSA) is 42.4 Å². The maximum absolute atomic E-state index is 13.8. The van der Waals surface area contributed by atoms with Crippen LogP contribution in [0.4, 0.5) is 14.5 Å². The number of ether oxygens (including phenoxy) is 1. The molecule has 1 aromatic heterocycles. The SMILES string of the molecule is C=CC(F)(F)c1ccc(-c2nc(C)c(CSc3ccc4c(c3)CCCN4CC(=O)OC)s2)cc1. The van der Waals surface area contributed by atoms with Gasteiger partial charge in [0, 0.05) is 38.9 Å². The Morgan fingerprint density at radius 3 is 2.76 bits per heavy atom. The van der Waals surface area contributed by atoms with Crippen molar-refractivity contribution in [2.75, 3.05) is 25.1 Å². The fourth-order valence-electron chi connectivity index (χ4n) is 3.91. The average molecular weight is 501 g/mol. The fraction of sp³-hybridized carbons (Fsp3) is 0.308. The number of benzene rings is 2. The summed E-state index contributed by atoms with van der Waals surface area (Å²) in [5, 5.41) is 0.825. The molecule has 1 aliphatic rings. The summed E-state index contributed by atoms with van der Waals surface area (Å²) in [4.78, 5) is 20.8. The zero-order valence-corrected chi connectivity index (χ0v) is 20.8. The Morgan fingerprint density at radius 1 is 1.29 bits per heavy atom. The van der Waals surface area contributed by atoms with Crippen LogP contribution in [0.15, 0.2) is 60.0 Å². The van der Waals surface area contributed by atoms with Gasteiger partial charge in [0.15, 0.2) is 0 Å². The molecule has 0 fully saturated rings. The second-order valence-corrected chi connectivity index (χ2v) is 10.2. The van der Waals surface area contributed by atoms with Crippen LogP contribution in [0.5, 0.6) is 0 Å². The summed E-state index contributed by atoms with van der Waals surface area (Å²) in [6.07, 6.45) is 2.65. The predicted molar refractivity (Wildman–Crippen MR) is 135 cm³/mol. The van der Waals surface area contributed by atoms with Gasteiger partial charge in [-0.25, -0.2) is 4.98 Å². The Morgan fingerprint density at radius 2 is 2.06 bits per heavy atom. The number of carbonyl (C=O) groups is 1. The molecule has 34 heavy (non-hydrogen) atoms. The lowest BCUT2D eigenvalue weighted by atomic mass is 10.0. The first-order valence-corrected chi connectivity index (χ1v) is 12.8. The van der Waals surface area contributed by atoms with Crippen LogP contribution in [0.25, 0.3) is 10.6 Å². The van der Waals surface area contributed by atoms with Gasteiger partial charge in [-0.05, 0) is 49.6 Å². The highest BCUT2D eigenvalue weighted by atomic mass is 32.2. The highest BCUT2D eigenvalue weighted by Gasteiger charge is 2.27. The van der Waals surface area contributed by atoms with Crippen molar-refractivity contribution < 1.29 is 18.3 Å². The maximum Gasteiger partial charge on any atom is 0.325 e. The Hall–Kier alpha value is -2.71. The number of aryl methyl sites for hydroxylation is 2. The summed E-state index contributed by atoms with van der Waals surface area (Å²) in [5.74, 6) is -2.49. The van der Waals surface area contributed by atoms with Crippen molar-refractivity contribution in [3.8, 4) is 10.6 Å². The van der Waals surface area contributed by atoms with Gasteiger partial charge in [-0.2, -0.15) is 8.78 Å². The molecule has 178 valence electrons. The molecule has 4 rings (SSSR count). The Bertz CT molecular complexity index is 1190. The van der Waals surface area contributed by atoms with Crippen LogP contribution in [-0.4, -0.2) is 31.2 Å². The molecule has 0 saturated carbocycles. The minimum absolute atomic E-state index is 0.0760. The number of fused-ring (bicyclic) bond motifs is 1. The van der Waals surface area contributed by atoms with E-state index in [1.165, 1.54) is 29.7 Å². The summed E-state index contributed by atoms with van der Waals surface area (Å²) in [6, 6.07) is 12.6. The van der Waals surface area contributed by atoms with E-state index in [4.69, 9.17) is 4.74 Å². The van der Waals surface area contributed by atoms with Gasteiger partial charge in [-0.15, -0.1) is 23.1 Å². The first kappa shape index (κ1) is 24.4. The average Bonchev–Trinajstić information content (AvgIpc) is 3.23. The van der Waals surface area contributed by atoms with Crippen LogP contribution >= 0.6 is 23.1 Å². The van der Waals surface area contributed by atoms with E-state index in [0.717, 1.165) is 52.0 Å². The summed E-state index contributed by atoms with van der Waals surface area (Å²) >= 11 is 3.34. The molecule has 2 aromatic carbocycles. The molecule has 0 unspecified atom stereocenters. The van der Waals surface area contributed by atoms with Crippen molar-refractivity contribution in [2.24, 2.45) is 0 Å². The molecule has 0 amide bonds. The number of rotatable bonds is 8. The van der Waals surface area contributed by atoms with E-state index < -0.39 is 5.92 Å². The quantitative estimate of drug-likeness (QED) is 0.198. The van der Waals surface area contributed by atoms with E-state index in [1.54, 1.807) is 35.2 Å². The van der Waals surface area contributed by atoms with Crippen molar-refractivity contribution in [3.05, 3.63) is 76.8 Å². The number of anilines is 1. The summed E-state index contributed by atoms with van der Waals surface area (Å²) in [5.41, 5.74) is 4.05. The van der Waals surface area contributed by atoms with Crippen molar-refractivity contribution in [3.63, 3.8) is 0 Å². The molecule has 3 aromatic rings. The summed E-state index contributed by atoms with van der Waals surface area (Å²) < 4.78 is 32.4. The maximum atomic E-state index is 13.8. The molecule has 1 aliphatic heterocycles. The number of hydrogen-bond acceptors (Lipinski definition) is 6. The number of methoxy groups -OCH3 is 1. The van der Waals surface area contributed by atoms with Crippen molar-refractivity contribution in [1.82, 2.24) is 4.98 Å². The molecule has 0 atom stereocenters. The van der Waals surface area contributed by atoms with Crippen LogP contribution < -0.4 is 4.90 Å². The van der Waals surface area contributed by atoms with Gasteiger partial charge in [-0.3, -0.25) is 4.79 Å². The van der Waals surface area contributed by atoms with Gasteiger partial charge in [0.25, 0.3) is 5.92 Å². The fourth-order valence-corrected chi connectivity index (χ4v) is 6.09. The van der Waals surface area contributed by atoms with Gasteiger partial charge < -0.3 is 9.64 Å². The van der Waals surface area contributed by atoms with Crippen LogP contribution in [0.3, 0.4) is 0 Å². The smallest absolute Gasteiger partial charge is 0.325 e. The van der Waals surface area contributed by atoms with Gasteiger partial charge in [0.2, 0.25) is 0 Å². The lowest BCUT2D eigenvalue weighted by Gasteiger charge is -2.30. The van der Waals surface area contributed by atoms with Gasteiger partial charge >= 0.3 is 5.97 Å². The third-order valence-electron chi connectivity index (χ3n) is 5.85.